The molecule has 31 heavy (non-hydrogen) atoms. The lowest BCUT2D eigenvalue weighted by atomic mass is 10.0. The molecule has 2 heterocycles. The molecule has 0 aliphatic carbocycles. The first-order valence-electron chi connectivity index (χ1n) is 9.95. The van der Waals surface area contributed by atoms with Crippen molar-refractivity contribution in [1.29, 1.82) is 0 Å². The standard InChI is InChI=1S/C24H20Cl2IN3O/c1-3-29(4-2)24(31)17-13-20(27)23-28-21(15-5-9-18(25)10-6-15)22(30(23)14-17)16-7-11-19(26)12-8-16/h5-14H,3-4H2,1-2H3. The minimum absolute atomic E-state index is 0.00798. The molecule has 7 heteroatoms. The number of pyridine rings is 1. The van der Waals surface area contributed by atoms with Gasteiger partial charge in [0.25, 0.3) is 5.91 Å². The first-order chi connectivity index (χ1) is 14.9. The summed E-state index contributed by atoms with van der Waals surface area (Å²) >= 11 is 14.5. The molecule has 0 saturated carbocycles. The molecule has 0 fully saturated rings. The zero-order valence-electron chi connectivity index (χ0n) is 17.1. The van der Waals surface area contributed by atoms with Crippen LogP contribution in [0.4, 0.5) is 0 Å². The van der Waals surface area contributed by atoms with Gasteiger partial charge < -0.3 is 4.90 Å². The van der Waals surface area contributed by atoms with Crippen LogP contribution in [0.3, 0.4) is 0 Å². The number of carbonyl (C=O) groups is 1. The average molecular weight is 564 g/mol. The van der Waals surface area contributed by atoms with Gasteiger partial charge in [0.05, 0.1) is 20.5 Å². The number of halogens is 3. The first kappa shape index (κ1) is 22.1. The molecular formula is C24H20Cl2IN3O. The van der Waals surface area contributed by atoms with E-state index < -0.39 is 0 Å². The summed E-state index contributed by atoms with van der Waals surface area (Å²) in [5.41, 5.74) is 5.07. The third kappa shape index (κ3) is 4.31. The summed E-state index contributed by atoms with van der Waals surface area (Å²) in [4.78, 5) is 19.8. The highest BCUT2D eigenvalue weighted by atomic mass is 127. The molecule has 0 atom stereocenters. The Morgan fingerprint density at radius 2 is 1.52 bits per heavy atom. The Morgan fingerprint density at radius 3 is 2.06 bits per heavy atom. The van der Waals surface area contributed by atoms with Gasteiger partial charge in [0, 0.05) is 40.5 Å². The number of rotatable bonds is 5. The summed E-state index contributed by atoms with van der Waals surface area (Å²) in [6.07, 6.45) is 1.88. The molecule has 4 nitrogen and oxygen atoms in total. The Balaban J connectivity index is 2.00. The second-order valence-corrected chi connectivity index (χ2v) is 9.11. The maximum atomic E-state index is 13.1. The molecule has 0 unspecified atom stereocenters. The lowest BCUT2D eigenvalue weighted by Gasteiger charge is -2.19. The average Bonchev–Trinajstić information content (AvgIpc) is 3.15. The van der Waals surface area contributed by atoms with Crippen LogP contribution in [0.5, 0.6) is 0 Å². The highest BCUT2D eigenvalue weighted by Gasteiger charge is 2.21. The molecule has 1 amide bonds. The largest absolute Gasteiger partial charge is 0.339 e. The van der Waals surface area contributed by atoms with Crippen LogP contribution in [0.25, 0.3) is 28.2 Å². The van der Waals surface area contributed by atoms with Crippen molar-refractivity contribution in [2.24, 2.45) is 0 Å². The van der Waals surface area contributed by atoms with Crippen molar-refractivity contribution in [2.75, 3.05) is 13.1 Å². The zero-order chi connectivity index (χ0) is 22.1. The SMILES string of the molecule is CCN(CC)C(=O)c1cc(I)c2nc(-c3ccc(Cl)cc3)c(-c3ccc(Cl)cc3)n2c1. The number of benzene rings is 2. The van der Waals surface area contributed by atoms with Gasteiger partial charge >= 0.3 is 0 Å². The monoisotopic (exact) mass is 563 g/mol. The smallest absolute Gasteiger partial charge is 0.255 e. The Kier molecular flexibility index (Phi) is 6.55. The van der Waals surface area contributed by atoms with E-state index in [9.17, 15) is 4.79 Å². The summed E-state index contributed by atoms with van der Waals surface area (Å²) < 4.78 is 2.91. The van der Waals surface area contributed by atoms with E-state index in [0.717, 1.165) is 31.7 Å². The second kappa shape index (κ2) is 9.18. The number of fused-ring (bicyclic) bond motifs is 1. The molecule has 0 spiro atoms. The summed E-state index contributed by atoms with van der Waals surface area (Å²) in [5, 5.41) is 1.33. The van der Waals surface area contributed by atoms with E-state index in [4.69, 9.17) is 28.2 Å². The lowest BCUT2D eigenvalue weighted by molar-refractivity contribution is 0.0772. The molecule has 0 bridgehead atoms. The third-order valence-electron chi connectivity index (χ3n) is 5.21. The van der Waals surface area contributed by atoms with Gasteiger partial charge in [0.15, 0.2) is 5.65 Å². The van der Waals surface area contributed by atoms with E-state index in [1.54, 1.807) is 0 Å². The van der Waals surface area contributed by atoms with Crippen molar-refractivity contribution in [2.45, 2.75) is 13.8 Å². The molecule has 0 radical (unpaired) electrons. The summed E-state index contributed by atoms with van der Waals surface area (Å²) in [5.74, 6) is 0.00798. The van der Waals surface area contributed by atoms with E-state index in [1.165, 1.54) is 0 Å². The van der Waals surface area contributed by atoms with Gasteiger partial charge in [0.2, 0.25) is 0 Å². The Labute approximate surface area is 204 Å². The van der Waals surface area contributed by atoms with E-state index >= 15 is 0 Å². The summed E-state index contributed by atoms with van der Waals surface area (Å²) in [6.45, 7) is 5.29. The van der Waals surface area contributed by atoms with Crippen molar-refractivity contribution >= 4 is 57.3 Å². The number of nitrogens with zero attached hydrogens (tertiary/aromatic N) is 3. The molecule has 0 saturated heterocycles. The van der Waals surface area contributed by atoms with E-state index in [1.807, 2.05) is 83.9 Å². The normalized spacial score (nSPS) is 11.1. The number of carbonyl (C=O) groups excluding carboxylic acids is 1. The summed E-state index contributed by atoms with van der Waals surface area (Å²) in [6, 6.07) is 17.2. The fourth-order valence-electron chi connectivity index (χ4n) is 3.61. The fraction of sp³-hybridized carbons (Fsp3) is 0.167. The first-order valence-corrected chi connectivity index (χ1v) is 11.8. The number of hydrogen-bond acceptors (Lipinski definition) is 2. The lowest BCUT2D eigenvalue weighted by Crippen LogP contribution is -2.30. The highest BCUT2D eigenvalue weighted by Crippen LogP contribution is 2.35. The van der Waals surface area contributed by atoms with Crippen LogP contribution in [-0.2, 0) is 0 Å². The maximum Gasteiger partial charge on any atom is 0.255 e. The van der Waals surface area contributed by atoms with Crippen molar-refractivity contribution in [3.8, 4) is 22.5 Å². The maximum absolute atomic E-state index is 13.1. The minimum Gasteiger partial charge on any atom is -0.339 e. The zero-order valence-corrected chi connectivity index (χ0v) is 20.7. The number of amides is 1. The van der Waals surface area contributed by atoms with Crippen LogP contribution in [-0.4, -0.2) is 33.3 Å². The number of hydrogen-bond donors (Lipinski definition) is 0. The fourth-order valence-corrected chi connectivity index (χ4v) is 4.58. The van der Waals surface area contributed by atoms with Gasteiger partial charge in [-0.2, -0.15) is 0 Å². The Morgan fingerprint density at radius 1 is 0.968 bits per heavy atom. The highest BCUT2D eigenvalue weighted by molar-refractivity contribution is 14.1. The van der Waals surface area contributed by atoms with Crippen LogP contribution in [0.2, 0.25) is 10.0 Å². The molecule has 2 aromatic carbocycles. The Hall–Kier alpha value is -2.09. The van der Waals surface area contributed by atoms with Crippen molar-refractivity contribution < 1.29 is 4.79 Å². The van der Waals surface area contributed by atoms with Gasteiger partial charge in [-0.3, -0.25) is 9.20 Å². The van der Waals surface area contributed by atoms with E-state index in [-0.39, 0.29) is 5.91 Å². The van der Waals surface area contributed by atoms with Gasteiger partial charge in [0.1, 0.15) is 0 Å². The van der Waals surface area contributed by atoms with Crippen LogP contribution in [0, 0.1) is 3.57 Å². The summed E-state index contributed by atoms with van der Waals surface area (Å²) in [7, 11) is 0. The van der Waals surface area contributed by atoms with E-state index in [0.29, 0.717) is 28.7 Å². The van der Waals surface area contributed by atoms with Gasteiger partial charge in [-0.15, -0.1) is 0 Å². The molecule has 0 aliphatic rings. The quantitative estimate of drug-likeness (QED) is 0.244. The topological polar surface area (TPSA) is 37.6 Å². The van der Waals surface area contributed by atoms with Crippen LogP contribution in [0.1, 0.15) is 24.2 Å². The van der Waals surface area contributed by atoms with Crippen molar-refractivity contribution in [3.63, 3.8) is 0 Å². The van der Waals surface area contributed by atoms with Crippen LogP contribution < -0.4 is 0 Å². The van der Waals surface area contributed by atoms with Gasteiger partial charge in [-0.1, -0.05) is 47.5 Å². The molecular weight excluding hydrogens is 544 g/mol. The minimum atomic E-state index is 0.00798. The second-order valence-electron chi connectivity index (χ2n) is 7.07. The van der Waals surface area contributed by atoms with Crippen molar-refractivity contribution in [3.05, 3.63) is 80.0 Å². The molecule has 4 aromatic rings. The predicted molar refractivity (Wildman–Crippen MR) is 136 cm³/mol. The number of aromatic nitrogens is 2. The van der Waals surface area contributed by atoms with Gasteiger partial charge in [-0.25, -0.2) is 4.98 Å². The van der Waals surface area contributed by atoms with E-state index in [2.05, 4.69) is 22.6 Å². The molecule has 2 aromatic heterocycles. The van der Waals surface area contributed by atoms with Crippen LogP contribution >= 0.6 is 45.8 Å². The Bertz CT molecular complexity index is 1250. The van der Waals surface area contributed by atoms with Crippen molar-refractivity contribution in [1.82, 2.24) is 14.3 Å². The molecule has 0 aliphatic heterocycles. The van der Waals surface area contributed by atoms with Crippen LogP contribution in [0.15, 0.2) is 60.8 Å². The molecule has 158 valence electrons. The number of imidazole rings is 1. The van der Waals surface area contributed by atoms with Gasteiger partial charge in [-0.05, 0) is 66.8 Å². The third-order valence-corrected chi connectivity index (χ3v) is 6.51. The molecule has 0 N–H and O–H groups in total. The predicted octanol–water partition coefficient (Wildman–Crippen LogP) is 7.06. The molecule has 4 rings (SSSR count).